The zero-order valence-electron chi connectivity index (χ0n) is 19.0. The van der Waals surface area contributed by atoms with Crippen molar-refractivity contribution >= 4 is 17.3 Å². The summed E-state index contributed by atoms with van der Waals surface area (Å²) in [6.07, 6.45) is 12.4. The number of allylic oxidation sites excluding steroid dienone is 2. The van der Waals surface area contributed by atoms with Gasteiger partial charge in [-0.05, 0) is 55.6 Å². The Kier molecular flexibility index (Phi) is 6.70. The molecular formula is C26H39N3O. The molecule has 2 aliphatic heterocycles. The first-order valence-electron chi connectivity index (χ1n) is 12.2. The Bertz CT molecular complexity index is 753. The molecule has 0 saturated carbocycles. The predicted octanol–water partition coefficient (Wildman–Crippen LogP) is 5.79. The average molecular weight is 410 g/mol. The molecule has 0 atom stereocenters. The molecule has 0 unspecified atom stereocenters. The Morgan fingerprint density at radius 3 is 2.20 bits per heavy atom. The average Bonchev–Trinajstić information content (AvgIpc) is 2.84. The fourth-order valence-electron chi connectivity index (χ4n) is 5.53. The molecular weight excluding hydrogens is 370 g/mol. The molecule has 30 heavy (non-hydrogen) atoms. The van der Waals surface area contributed by atoms with E-state index in [2.05, 4.69) is 58.9 Å². The molecule has 4 heteroatoms. The van der Waals surface area contributed by atoms with Gasteiger partial charge in [-0.1, -0.05) is 51.0 Å². The fraction of sp³-hybridized carbons (Fsp3) is 0.654. The van der Waals surface area contributed by atoms with Crippen molar-refractivity contribution in [1.82, 2.24) is 9.80 Å². The largest absolute Gasteiger partial charge is 0.367 e. The molecule has 0 N–H and O–H groups in total. The lowest BCUT2D eigenvalue weighted by atomic mass is 9.70. The summed E-state index contributed by atoms with van der Waals surface area (Å²) in [5.74, 6) is 0. The van der Waals surface area contributed by atoms with E-state index in [9.17, 15) is 4.79 Å². The van der Waals surface area contributed by atoms with Gasteiger partial charge in [-0.2, -0.15) is 0 Å². The standard InChI is InChI=1S/C26H39N3O/c1-3-26(4-2)14-12-22(13-15-26)23-10-6-7-11-24(23)27-18-20-29(21-19-27)25(30)28-16-8-5-9-17-28/h6-7,10-12H,3-5,8-9,13-21H2,1-2H3. The van der Waals surface area contributed by atoms with Gasteiger partial charge >= 0.3 is 6.03 Å². The van der Waals surface area contributed by atoms with E-state index in [4.69, 9.17) is 0 Å². The van der Waals surface area contributed by atoms with E-state index in [1.54, 1.807) is 0 Å². The summed E-state index contributed by atoms with van der Waals surface area (Å²) in [6, 6.07) is 9.18. The number of amides is 2. The van der Waals surface area contributed by atoms with Crippen molar-refractivity contribution in [3.8, 4) is 0 Å². The minimum absolute atomic E-state index is 0.257. The van der Waals surface area contributed by atoms with Crippen LogP contribution in [0.1, 0.15) is 70.8 Å². The molecule has 164 valence electrons. The van der Waals surface area contributed by atoms with Gasteiger partial charge in [-0.25, -0.2) is 4.79 Å². The summed E-state index contributed by atoms with van der Waals surface area (Å²) in [5.41, 5.74) is 4.80. The van der Waals surface area contributed by atoms with E-state index in [-0.39, 0.29) is 6.03 Å². The topological polar surface area (TPSA) is 26.8 Å². The molecule has 1 aromatic rings. The number of anilines is 1. The molecule has 0 aromatic heterocycles. The summed E-state index contributed by atoms with van der Waals surface area (Å²) in [4.78, 5) is 19.5. The van der Waals surface area contributed by atoms with Crippen LogP contribution in [0.5, 0.6) is 0 Å². The highest BCUT2D eigenvalue weighted by atomic mass is 16.2. The summed E-state index contributed by atoms with van der Waals surface area (Å²) < 4.78 is 0. The number of nitrogens with zero attached hydrogens (tertiary/aromatic N) is 3. The molecule has 0 spiro atoms. The molecule has 3 aliphatic rings. The van der Waals surface area contributed by atoms with Gasteiger partial charge in [-0.15, -0.1) is 0 Å². The van der Waals surface area contributed by atoms with Crippen molar-refractivity contribution < 1.29 is 4.79 Å². The predicted molar refractivity (Wildman–Crippen MR) is 126 cm³/mol. The number of para-hydroxylation sites is 1. The number of urea groups is 1. The summed E-state index contributed by atoms with van der Waals surface area (Å²) >= 11 is 0. The number of hydrogen-bond donors (Lipinski definition) is 0. The zero-order valence-corrected chi connectivity index (χ0v) is 19.0. The molecule has 1 aliphatic carbocycles. The molecule has 2 fully saturated rings. The first-order valence-corrected chi connectivity index (χ1v) is 12.2. The number of rotatable bonds is 4. The van der Waals surface area contributed by atoms with Crippen LogP contribution in [-0.2, 0) is 0 Å². The second kappa shape index (κ2) is 9.45. The lowest BCUT2D eigenvalue weighted by molar-refractivity contribution is 0.141. The van der Waals surface area contributed by atoms with E-state index in [0.717, 1.165) is 52.1 Å². The molecule has 2 heterocycles. The van der Waals surface area contributed by atoms with E-state index < -0.39 is 0 Å². The molecule has 4 nitrogen and oxygen atoms in total. The zero-order chi connectivity index (χ0) is 21.0. The molecule has 0 bridgehead atoms. The third-order valence-electron chi connectivity index (χ3n) is 7.97. The van der Waals surface area contributed by atoms with Gasteiger partial charge in [0, 0.05) is 50.5 Å². The maximum Gasteiger partial charge on any atom is 0.320 e. The number of piperidine rings is 1. The second-order valence-corrected chi connectivity index (χ2v) is 9.46. The van der Waals surface area contributed by atoms with Crippen LogP contribution >= 0.6 is 0 Å². The Hall–Kier alpha value is -1.97. The summed E-state index contributed by atoms with van der Waals surface area (Å²) in [7, 11) is 0. The molecule has 4 rings (SSSR count). The first kappa shape index (κ1) is 21.3. The van der Waals surface area contributed by atoms with Crippen LogP contribution in [0.25, 0.3) is 5.57 Å². The van der Waals surface area contributed by atoms with Gasteiger partial charge < -0.3 is 14.7 Å². The van der Waals surface area contributed by atoms with Crippen molar-refractivity contribution in [3.63, 3.8) is 0 Å². The maximum atomic E-state index is 12.9. The number of carbonyl (C=O) groups is 1. The Balaban J connectivity index is 1.43. The van der Waals surface area contributed by atoms with Gasteiger partial charge in [0.05, 0.1) is 0 Å². The van der Waals surface area contributed by atoms with E-state index >= 15 is 0 Å². The van der Waals surface area contributed by atoms with Crippen LogP contribution < -0.4 is 4.90 Å². The Morgan fingerprint density at radius 2 is 1.57 bits per heavy atom. The highest BCUT2D eigenvalue weighted by Crippen LogP contribution is 2.44. The van der Waals surface area contributed by atoms with Gasteiger partial charge in [0.15, 0.2) is 0 Å². The third-order valence-corrected chi connectivity index (χ3v) is 7.97. The van der Waals surface area contributed by atoms with Crippen LogP contribution in [0.15, 0.2) is 30.3 Å². The SMILES string of the molecule is CCC1(CC)CC=C(c2ccccc2N2CCN(C(=O)N3CCCCC3)CC2)CC1. The lowest BCUT2D eigenvalue weighted by Crippen LogP contribution is -2.53. The van der Waals surface area contributed by atoms with Gasteiger partial charge in [0.1, 0.15) is 0 Å². The van der Waals surface area contributed by atoms with Gasteiger partial charge in [-0.3, -0.25) is 0 Å². The monoisotopic (exact) mass is 409 g/mol. The lowest BCUT2D eigenvalue weighted by Gasteiger charge is -2.40. The number of hydrogen-bond acceptors (Lipinski definition) is 2. The van der Waals surface area contributed by atoms with Crippen LogP contribution in [0, 0.1) is 5.41 Å². The maximum absolute atomic E-state index is 12.9. The van der Waals surface area contributed by atoms with Crippen LogP contribution in [0.2, 0.25) is 0 Å². The van der Waals surface area contributed by atoms with Crippen molar-refractivity contribution in [1.29, 1.82) is 0 Å². The minimum atomic E-state index is 0.257. The Labute approximate surface area is 182 Å². The molecule has 2 saturated heterocycles. The second-order valence-electron chi connectivity index (χ2n) is 9.46. The summed E-state index contributed by atoms with van der Waals surface area (Å²) in [5, 5.41) is 0. The van der Waals surface area contributed by atoms with Gasteiger partial charge in [0.25, 0.3) is 0 Å². The molecule has 1 aromatic carbocycles. The minimum Gasteiger partial charge on any atom is -0.367 e. The summed E-state index contributed by atoms with van der Waals surface area (Å²) in [6.45, 7) is 10.1. The first-order chi connectivity index (χ1) is 14.7. The van der Waals surface area contributed by atoms with Crippen LogP contribution in [0.4, 0.5) is 10.5 Å². The van der Waals surface area contributed by atoms with E-state index in [1.807, 2.05) is 0 Å². The molecule has 2 amide bonds. The number of carbonyl (C=O) groups excluding carboxylic acids is 1. The smallest absolute Gasteiger partial charge is 0.320 e. The van der Waals surface area contributed by atoms with Crippen molar-refractivity contribution in [2.75, 3.05) is 44.2 Å². The fourth-order valence-corrected chi connectivity index (χ4v) is 5.53. The quantitative estimate of drug-likeness (QED) is 0.629. The normalized spacial score (nSPS) is 22.1. The van der Waals surface area contributed by atoms with E-state index in [0.29, 0.717) is 5.41 Å². The number of benzene rings is 1. The number of piperazine rings is 1. The third kappa shape index (κ3) is 4.38. The van der Waals surface area contributed by atoms with Crippen LogP contribution in [-0.4, -0.2) is 55.1 Å². The molecule has 0 radical (unpaired) electrons. The van der Waals surface area contributed by atoms with Crippen molar-refractivity contribution in [2.24, 2.45) is 5.41 Å². The van der Waals surface area contributed by atoms with Crippen molar-refractivity contribution in [3.05, 3.63) is 35.9 Å². The highest BCUT2D eigenvalue weighted by Gasteiger charge is 2.30. The highest BCUT2D eigenvalue weighted by molar-refractivity contribution is 5.78. The Morgan fingerprint density at radius 1 is 0.900 bits per heavy atom. The van der Waals surface area contributed by atoms with Gasteiger partial charge in [0.2, 0.25) is 0 Å². The van der Waals surface area contributed by atoms with E-state index in [1.165, 1.54) is 55.3 Å². The van der Waals surface area contributed by atoms with Crippen molar-refractivity contribution in [2.45, 2.75) is 65.2 Å². The number of likely N-dealkylation sites (tertiary alicyclic amines) is 1. The van der Waals surface area contributed by atoms with Crippen LogP contribution in [0.3, 0.4) is 0 Å².